The third kappa shape index (κ3) is 4.88. The fraction of sp³-hybridized carbons (Fsp3) is 0.238. The van der Waals surface area contributed by atoms with Crippen LogP contribution >= 0.6 is 0 Å². The molecule has 27 heavy (non-hydrogen) atoms. The van der Waals surface area contributed by atoms with E-state index in [9.17, 15) is 4.79 Å². The monoisotopic (exact) mass is 361 g/mol. The van der Waals surface area contributed by atoms with Gasteiger partial charge in [-0.1, -0.05) is 45.0 Å². The van der Waals surface area contributed by atoms with E-state index in [0.29, 0.717) is 12.4 Å². The summed E-state index contributed by atoms with van der Waals surface area (Å²) < 4.78 is 0. The molecule has 6 nitrogen and oxygen atoms in total. The van der Waals surface area contributed by atoms with Gasteiger partial charge in [0, 0.05) is 11.9 Å². The molecule has 0 aliphatic heterocycles. The summed E-state index contributed by atoms with van der Waals surface area (Å²) in [5.41, 5.74) is 3.22. The van der Waals surface area contributed by atoms with E-state index in [-0.39, 0.29) is 17.0 Å². The fourth-order valence-electron chi connectivity index (χ4n) is 2.67. The van der Waals surface area contributed by atoms with Crippen molar-refractivity contribution in [1.29, 1.82) is 0 Å². The Labute approximate surface area is 159 Å². The van der Waals surface area contributed by atoms with E-state index in [1.54, 1.807) is 18.3 Å². The minimum absolute atomic E-state index is 0.00230. The minimum Gasteiger partial charge on any atom is -0.345 e. The van der Waals surface area contributed by atoms with Crippen LogP contribution in [0.1, 0.15) is 42.5 Å². The zero-order valence-electron chi connectivity index (χ0n) is 15.7. The van der Waals surface area contributed by atoms with Crippen LogP contribution < -0.4 is 10.6 Å². The average Bonchev–Trinajstić information content (AvgIpc) is 2.67. The lowest BCUT2D eigenvalue weighted by Gasteiger charge is -2.23. The number of carbonyl (C=O) groups excluding carboxylic acids is 1. The number of carbonyl (C=O) groups is 1. The normalized spacial score (nSPS) is 11.1. The third-order valence-electron chi connectivity index (χ3n) is 4.05. The highest BCUT2D eigenvalue weighted by atomic mass is 16.1. The van der Waals surface area contributed by atoms with Crippen molar-refractivity contribution in [3.63, 3.8) is 0 Å². The number of anilines is 2. The van der Waals surface area contributed by atoms with E-state index in [1.807, 2.05) is 36.4 Å². The summed E-state index contributed by atoms with van der Waals surface area (Å²) in [7, 11) is 0. The number of benzene rings is 1. The van der Waals surface area contributed by atoms with Gasteiger partial charge in [-0.05, 0) is 41.3 Å². The van der Waals surface area contributed by atoms with E-state index < -0.39 is 0 Å². The maximum absolute atomic E-state index is 12.2. The van der Waals surface area contributed by atoms with Gasteiger partial charge in [-0.2, -0.15) is 0 Å². The SMILES string of the molecule is CC(C)(C)c1ccccc1Nc1ccc(C(=O)NCc2ccccn2)nn1. The number of hydrogen-bond acceptors (Lipinski definition) is 5. The third-order valence-corrected chi connectivity index (χ3v) is 4.05. The number of nitrogens with one attached hydrogen (secondary N) is 2. The van der Waals surface area contributed by atoms with Crippen molar-refractivity contribution in [2.24, 2.45) is 0 Å². The smallest absolute Gasteiger partial charge is 0.272 e. The largest absolute Gasteiger partial charge is 0.345 e. The molecule has 2 N–H and O–H groups in total. The molecule has 0 bridgehead atoms. The van der Waals surface area contributed by atoms with Crippen molar-refractivity contribution < 1.29 is 4.79 Å². The van der Waals surface area contributed by atoms with E-state index in [0.717, 1.165) is 11.4 Å². The van der Waals surface area contributed by atoms with E-state index >= 15 is 0 Å². The van der Waals surface area contributed by atoms with Crippen LogP contribution in [0.4, 0.5) is 11.5 Å². The Bertz CT molecular complexity index is 902. The maximum Gasteiger partial charge on any atom is 0.272 e. The Hall–Kier alpha value is -3.28. The number of hydrogen-bond donors (Lipinski definition) is 2. The summed E-state index contributed by atoms with van der Waals surface area (Å²) >= 11 is 0. The standard InChI is InChI=1S/C21H23N5O/c1-21(2,3)16-9-4-5-10-17(16)24-19-12-11-18(25-26-19)20(27)23-14-15-8-6-7-13-22-15/h4-13H,14H2,1-3H3,(H,23,27)(H,24,26). The van der Waals surface area contributed by atoms with Crippen LogP contribution in [0, 0.1) is 0 Å². The summed E-state index contributed by atoms with van der Waals surface area (Å²) in [5.74, 6) is 0.308. The first-order valence-electron chi connectivity index (χ1n) is 8.82. The Balaban J connectivity index is 1.66. The fourth-order valence-corrected chi connectivity index (χ4v) is 2.67. The van der Waals surface area contributed by atoms with Gasteiger partial charge in [0.25, 0.3) is 5.91 Å². The first-order chi connectivity index (χ1) is 12.9. The molecule has 6 heteroatoms. The Morgan fingerprint density at radius 3 is 2.41 bits per heavy atom. The second-order valence-corrected chi connectivity index (χ2v) is 7.23. The molecular weight excluding hydrogens is 338 g/mol. The minimum atomic E-state index is -0.283. The molecule has 0 spiro atoms. The van der Waals surface area contributed by atoms with E-state index in [2.05, 4.69) is 52.7 Å². The van der Waals surface area contributed by atoms with Crippen LogP contribution in [0.2, 0.25) is 0 Å². The topological polar surface area (TPSA) is 79.8 Å². The highest BCUT2D eigenvalue weighted by Gasteiger charge is 2.18. The molecule has 3 rings (SSSR count). The zero-order chi connectivity index (χ0) is 19.3. The Morgan fingerprint density at radius 1 is 0.963 bits per heavy atom. The first-order valence-corrected chi connectivity index (χ1v) is 8.82. The molecule has 0 unspecified atom stereocenters. The molecule has 0 atom stereocenters. The number of nitrogens with zero attached hydrogens (tertiary/aromatic N) is 3. The van der Waals surface area contributed by atoms with Gasteiger partial charge >= 0.3 is 0 Å². The van der Waals surface area contributed by atoms with Gasteiger partial charge in [0.2, 0.25) is 0 Å². The molecule has 0 saturated carbocycles. The zero-order valence-corrected chi connectivity index (χ0v) is 15.7. The van der Waals surface area contributed by atoms with Crippen molar-refractivity contribution in [3.05, 3.63) is 77.7 Å². The molecule has 1 aromatic carbocycles. The number of para-hydroxylation sites is 1. The lowest BCUT2D eigenvalue weighted by Crippen LogP contribution is -2.24. The summed E-state index contributed by atoms with van der Waals surface area (Å²) in [6.45, 7) is 6.83. The number of rotatable bonds is 5. The van der Waals surface area contributed by atoms with Crippen molar-refractivity contribution >= 4 is 17.4 Å². The molecule has 138 valence electrons. The average molecular weight is 361 g/mol. The van der Waals surface area contributed by atoms with Crippen LogP contribution in [-0.4, -0.2) is 21.1 Å². The molecule has 2 heterocycles. The Kier molecular flexibility index (Phi) is 5.45. The van der Waals surface area contributed by atoms with Gasteiger partial charge in [0.05, 0.1) is 12.2 Å². The van der Waals surface area contributed by atoms with Crippen molar-refractivity contribution in [2.45, 2.75) is 32.7 Å². The van der Waals surface area contributed by atoms with Crippen LogP contribution in [0.25, 0.3) is 0 Å². The highest BCUT2D eigenvalue weighted by Crippen LogP contribution is 2.30. The van der Waals surface area contributed by atoms with E-state index in [4.69, 9.17) is 0 Å². The predicted octanol–water partition coefficient (Wildman–Crippen LogP) is 3.84. The lowest BCUT2D eigenvalue weighted by atomic mass is 9.86. The summed E-state index contributed by atoms with van der Waals surface area (Å²) in [6.07, 6.45) is 1.69. The van der Waals surface area contributed by atoms with E-state index in [1.165, 1.54) is 5.56 Å². The molecule has 1 amide bonds. The van der Waals surface area contributed by atoms with Gasteiger partial charge in [-0.25, -0.2) is 0 Å². The molecule has 0 aliphatic rings. The van der Waals surface area contributed by atoms with Gasteiger partial charge in [-0.3, -0.25) is 9.78 Å². The highest BCUT2D eigenvalue weighted by molar-refractivity contribution is 5.92. The quantitative estimate of drug-likeness (QED) is 0.722. The van der Waals surface area contributed by atoms with Crippen LogP contribution in [0.5, 0.6) is 0 Å². The van der Waals surface area contributed by atoms with Gasteiger partial charge in [-0.15, -0.1) is 10.2 Å². The molecule has 0 radical (unpaired) electrons. The number of amides is 1. The van der Waals surface area contributed by atoms with Crippen LogP contribution in [0.3, 0.4) is 0 Å². The van der Waals surface area contributed by atoms with Gasteiger partial charge in [0.15, 0.2) is 11.5 Å². The molecule has 0 saturated heterocycles. The predicted molar refractivity (Wildman–Crippen MR) is 106 cm³/mol. The van der Waals surface area contributed by atoms with Crippen molar-refractivity contribution in [3.8, 4) is 0 Å². The second-order valence-electron chi connectivity index (χ2n) is 7.23. The summed E-state index contributed by atoms with van der Waals surface area (Å²) in [4.78, 5) is 16.4. The lowest BCUT2D eigenvalue weighted by molar-refractivity contribution is 0.0944. The molecule has 2 aromatic heterocycles. The number of aromatic nitrogens is 3. The van der Waals surface area contributed by atoms with Gasteiger partial charge in [0.1, 0.15) is 0 Å². The summed E-state index contributed by atoms with van der Waals surface area (Å²) in [5, 5.41) is 14.2. The molecule has 3 aromatic rings. The number of pyridine rings is 1. The van der Waals surface area contributed by atoms with Crippen molar-refractivity contribution in [1.82, 2.24) is 20.5 Å². The summed E-state index contributed by atoms with van der Waals surface area (Å²) in [6, 6.07) is 17.1. The maximum atomic E-state index is 12.2. The van der Waals surface area contributed by atoms with Crippen LogP contribution in [0.15, 0.2) is 60.8 Å². The second kappa shape index (κ2) is 7.95. The molecule has 0 fully saturated rings. The molecular formula is C21H23N5O. The molecule has 0 aliphatic carbocycles. The van der Waals surface area contributed by atoms with Crippen molar-refractivity contribution in [2.75, 3.05) is 5.32 Å². The Morgan fingerprint density at radius 2 is 1.74 bits per heavy atom. The van der Waals surface area contributed by atoms with Gasteiger partial charge < -0.3 is 10.6 Å². The first kappa shape index (κ1) is 18.5. The van der Waals surface area contributed by atoms with Crippen LogP contribution in [-0.2, 0) is 12.0 Å².